The normalized spacial score (nSPS) is 14.9. The molecule has 19 heavy (non-hydrogen) atoms. The lowest BCUT2D eigenvalue weighted by Crippen LogP contribution is -2.48. The quantitative estimate of drug-likeness (QED) is 0.742. The maximum absolute atomic E-state index is 11.8. The van der Waals surface area contributed by atoms with E-state index in [9.17, 15) is 9.59 Å². The van der Waals surface area contributed by atoms with E-state index >= 15 is 0 Å². The number of nitrogens with one attached hydrogen (secondary N) is 3. The number of hydrogen-bond acceptors (Lipinski definition) is 3. The number of rotatable bonds is 3. The maximum Gasteiger partial charge on any atom is 0.330 e. The second kappa shape index (κ2) is 4.74. The highest BCUT2D eigenvalue weighted by Gasteiger charge is 2.24. The summed E-state index contributed by atoms with van der Waals surface area (Å²) in [6, 6.07) is 7.17. The summed E-state index contributed by atoms with van der Waals surface area (Å²) in [7, 11) is 0. The molecule has 3 rings (SSSR count). The van der Waals surface area contributed by atoms with Gasteiger partial charge in [-0.15, -0.1) is 0 Å². The highest BCUT2D eigenvalue weighted by molar-refractivity contribution is 5.93. The third-order valence-electron chi connectivity index (χ3n) is 3.21. The molecular formula is C13H14N4O2. The average molecular weight is 258 g/mol. The van der Waals surface area contributed by atoms with Crippen molar-refractivity contribution in [1.29, 1.82) is 0 Å². The molecule has 0 spiro atoms. The van der Waals surface area contributed by atoms with Gasteiger partial charge in [0.05, 0.1) is 11.6 Å². The van der Waals surface area contributed by atoms with E-state index in [1.54, 1.807) is 36.7 Å². The van der Waals surface area contributed by atoms with E-state index in [2.05, 4.69) is 15.6 Å². The summed E-state index contributed by atoms with van der Waals surface area (Å²) in [5.74, 6) is 0.0947. The van der Waals surface area contributed by atoms with E-state index in [4.69, 9.17) is 0 Å². The van der Waals surface area contributed by atoms with Crippen LogP contribution in [0.4, 0.5) is 5.69 Å². The summed E-state index contributed by atoms with van der Waals surface area (Å²) in [5, 5.41) is 5.92. The van der Waals surface area contributed by atoms with Crippen LogP contribution in [0, 0.1) is 5.92 Å². The van der Waals surface area contributed by atoms with Crippen molar-refractivity contribution in [3.8, 4) is 5.69 Å². The average Bonchev–Trinajstić information content (AvgIpc) is 2.74. The van der Waals surface area contributed by atoms with E-state index in [-0.39, 0.29) is 17.5 Å². The van der Waals surface area contributed by atoms with Crippen LogP contribution in [0.5, 0.6) is 0 Å². The van der Waals surface area contributed by atoms with Gasteiger partial charge < -0.3 is 15.6 Å². The third-order valence-corrected chi connectivity index (χ3v) is 3.21. The van der Waals surface area contributed by atoms with E-state index < -0.39 is 0 Å². The SMILES string of the molecule is O=C(Nc1ccc(-n2cc[nH]c2=O)cc1)C1CNC1. The van der Waals surface area contributed by atoms with Crippen molar-refractivity contribution >= 4 is 11.6 Å². The molecular weight excluding hydrogens is 244 g/mol. The van der Waals surface area contributed by atoms with E-state index in [1.165, 1.54) is 4.57 Å². The van der Waals surface area contributed by atoms with Crippen LogP contribution in [-0.2, 0) is 4.79 Å². The lowest BCUT2D eigenvalue weighted by molar-refractivity contribution is -0.121. The second-order valence-electron chi connectivity index (χ2n) is 4.53. The molecule has 0 bridgehead atoms. The summed E-state index contributed by atoms with van der Waals surface area (Å²) in [4.78, 5) is 25.8. The van der Waals surface area contributed by atoms with Gasteiger partial charge >= 0.3 is 5.69 Å². The van der Waals surface area contributed by atoms with Crippen LogP contribution >= 0.6 is 0 Å². The van der Waals surface area contributed by atoms with Gasteiger partial charge in [-0.2, -0.15) is 0 Å². The molecule has 6 heteroatoms. The first-order valence-electron chi connectivity index (χ1n) is 6.12. The lowest BCUT2D eigenvalue weighted by Gasteiger charge is -2.25. The highest BCUT2D eigenvalue weighted by atomic mass is 16.2. The number of aromatic nitrogens is 2. The molecule has 1 fully saturated rings. The summed E-state index contributed by atoms with van der Waals surface area (Å²) < 4.78 is 1.50. The molecule has 1 aliphatic rings. The number of carbonyl (C=O) groups excluding carboxylic acids is 1. The van der Waals surface area contributed by atoms with Crippen LogP contribution in [0.1, 0.15) is 0 Å². The highest BCUT2D eigenvalue weighted by Crippen LogP contribution is 2.14. The van der Waals surface area contributed by atoms with E-state index in [1.807, 2.05) is 0 Å². The van der Waals surface area contributed by atoms with Crippen LogP contribution in [0.15, 0.2) is 41.5 Å². The van der Waals surface area contributed by atoms with Crippen molar-refractivity contribution in [3.05, 3.63) is 47.1 Å². The third kappa shape index (κ3) is 2.30. The fraction of sp³-hybridized carbons (Fsp3) is 0.231. The number of imidazole rings is 1. The van der Waals surface area contributed by atoms with Crippen LogP contribution in [0.2, 0.25) is 0 Å². The van der Waals surface area contributed by atoms with E-state index in [0.717, 1.165) is 24.5 Å². The number of nitrogens with zero attached hydrogens (tertiary/aromatic N) is 1. The molecule has 1 aromatic heterocycles. The van der Waals surface area contributed by atoms with Crippen molar-refractivity contribution in [2.45, 2.75) is 0 Å². The van der Waals surface area contributed by atoms with Crippen molar-refractivity contribution in [3.63, 3.8) is 0 Å². The molecule has 1 aromatic carbocycles. The van der Waals surface area contributed by atoms with Crippen LogP contribution in [-0.4, -0.2) is 28.5 Å². The van der Waals surface area contributed by atoms with Gasteiger partial charge in [0.1, 0.15) is 0 Å². The molecule has 2 aromatic rings. The molecule has 0 aliphatic carbocycles. The Morgan fingerprint density at radius 1 is 1.26 bits per heavy atom. The molecule has 3 N–H and O–H groups in total. The molecule has 0 atom stereocenters. The molecule has 98 valence electrons. The van der Waals surface area contributed by atoms with Crippen molar-refractivity contribution in [1.82, 2.24) is 14.9 Å². The maximum atomic E-state index is 11.8. The molecule has 2 heterocycles. The molecule has 1 saturated heterocycles. The minimum atomic E-state index is -0.183. The fourth-order valence-corrected chi connectivity index (χ4v) is 1.95. The number of amides is 1. The Bertz CT molecular complexity index is 637. The summed E-state index contributed by atoms with van der Waals surface area (Å²) in [6.45, 7) is 1.48. The van der Waals surface area contributed by atoms with Crippen molar-refractivity contribution in [2.24, 2.45) is 5.92 Å². The molecule has 6 nitrogen and oxygen atoms in total. The summed E-state index contributed by atoms with van der Waals surface area (Å²) in [6.07, 6.45) is 3.25. The summed E-state index contributed by atoms with van der Waals surface area (Å²) in [5.41, 5.74) is 1.32. The smallest absolute Gasteiger partial charge is 0.326 e. The second-order valence-corrected chi connectivity index (χ2v) is 4.53. The minimum absolute atomic E-state index is 0.0327. The zero-order chi connectivity index (χ0) is 13.2. The van der Waals surface area contributed by atoms with Gasteiger partial charge in [0.2, 0.25) is 5.91 Å². The van der Waals surface area contributed by atoms with Gasteiger partial charge in [-0.05, 0) is 24.3 Å². The van der Waals surface area contributed by atoms with Gasteiger partial charge in [-0.1, -0.05) is 0 Å². The number of anilines is 1. The van der Waals surface area contributed by atoms with Crippen LogP contribution in [0.3, 0.4) is 0 Å². The monoisotopic (exact) mass is 258 g/mol. The first kappa shape index (κ1) is 11.7. The number of hydrogen-bond donors (Lipinski definition) is 3. The predicted molar refractivity (Wildman–Crippen MR) is 71.4 cm³/mol. The Kier molecular flexibility index (Phi) is 2.92. The predicted octanol–water partition coefficient (Wildman–Crippen LogP) is 0.323. The Labute approximate surface area is 109 Å². The molecule has 1 amide bonds. The molecule has 0 unspecified atom stereocenters. The number of aromatic amines is 1. The molecule has 0 radical (unpaired) electrons. The largest absolute Gasteiger partial charge is 0.330 e. The van der Waals surface area contributed by atoms with Crippen molar-refractivity contribution < 1.29 is 4.79 Å². The summed E-state index contributed by atoms with van der Waals surface area (Å²) >= 11 is 0. The first-order chi connectivity index (χ1) is 9.24. The van der Waals surface area contributed by atoms with Crippen LogP contribution < -0.4 is 16.3 Å². The first-order valence-corrected chi connectivity index (χ1v) is 6.12. The van der Waals surface area contributed by atoms with Gasteiger partial charge in [0.15, 0.2) is 0 Å². The number of benzene rings is 1. The van der Waals surface area contributed by atoms with Crippen LogP contribution in [0.25, 0.3) is 5.69 Å². The zero-order valence-corrected chi connectivity index (χ0v) is 10.2. The van der Waals surface area contributed by atoms with E-state index in [0.29, 0.717) is 0 Å². The van der Waals surface area contributed by atoms with Crippen molar-refractivity contribution in [2.75, 3.05) is 18.4 Å². The number of carbonyl (C=O) groups is 1. The Balaban J connectivity index is 1.74. The molecule has 0 saturated carbocycles. The molecule has 1 aliphatic heterocycles. The standard InChI is InChI=1S/C13H14N4O2/c18-12(9-7-14-8-9)16-10-1-3-11(4-2-10)17-6-5-15-13(17)19/h1-6,9,14H,7-8H2,(H,15,19)(H,16,18). The van der Waals surface area contributed by atoms with Gasteiger partial charge in [0.25, 0.3) is 0 Å². The Hall–Kier alpha value is -2.34. The fourth-order valence-electron chi connectivity index (χ4n) is 1.95. The lowest BCUT2D eigenvalue weighted by atomic mass is 10.0. The van der Waals surface area contributed by atoms with Gasteiger partial charge in [0, 0.05) is 31.2 Å². The Morgan fingerprint density at radius 3 is 2.53 bits per heavy atom. The van der Waals surface area contributed by atoms with Gasteiger partial charge in [-0.25, -0.2) is 4.79 Å². The topological polar surface area (TPSA) is 78.9 Å². The zero-order valence-electron chi connectivity index (χ0n) is 10.2. The number of H-pyrrole nitrogens is 1. The minimum Gasteiger partial charge on any atom is -0.326 e. The van der Waals surface area contributed by atoms with Gasteiger partial charge in [-0.3, -0.25) is 9.36 Å². The Morgan fingerprint density at radius 2 is 2.00 bits per heavy atom.